The molecule has 0 spiro atoms. The molecule has 0 N–H and O–H groups in total. The third kappa shape index (κ3) is 4.48. The lowest BCUT2D eigenvalue weighted by Gasteiger charge is -2.21. The van der Waals surface area contributed by atoms with Crippen molar-refractivity contribution in [3.8, 4) is 0 Å². The van der Waals surface area contributed by atoms with Crippen LogP contribution in [0, 0.1) is 5.41 Å². The van der Waals surface area contributed by atoms with Gasteiger partial charge in [0.2, 0.25) is 0 Å². The minimum atomic E-state index is 0.218. The Kier molecular flexibility index (Phi) is 4.72. The lowest BCUT2D eigenvalue weighted by molar-refractivity contribution is -0.108. The van der Waals surface area contributed by atoms with Crippen molar-refractivity contribution in [2.24, 2.45) is 5.41 Å². The molecule has 0 aromatic carbocycles. The number of aldehydes is 1. The molecule has 0 amide bonds. The van der Waals surface area contributed by atoms with Gasteiger partial charge in [0.25, 0.3) is 0 Å². The van der Waals surface area contributed by atoms with Crippen LogP contribution in [0.4, 0.5) is 0 Å². The van der Waals surface area contributed by atoms with Gasteiger partial charge in [-0.1, -0.05) is 27.4 Å². The molecule has 2 unspecified atom stereocenters. The zero-order valence-corrected chi connectivity index (χ0v) is 10.8. The molecule has 2 nitrogen and oxygen atoms in total. The maximum Gasteiger partial charge on any atom is 0.120 e. The summed E-state index contributed by atoms with van der Waals surface area (Å²) in [5.41, 5.74) is 1.56. The van der Waals surface area contributed by atoms with E-state index in [0.29, 0.717) is 11.8 Å². The van der Waals surface area contributed by atoms with Crippen molar-refractivity contribution in [1.29, 1.82) is 0 Å². The van der Waals surface area contributed by atoms with Gasteiger partial charge in [0.05, 0.1) is 12.2 Å². The van der Waals surface area contributed by atoms with E-state index < -0.39 is 0 Å². The Morgan fingerprint density at radius 1 is 1.44 bits per heavy atom. The molecule has 92 valence electrons. The Bertz CT molecular complexity index is 250. The number of hydrogen-bond donors (Lipinski definition) is 0. The van der Waals surface area contributed by atoms with Gasteiger partial charge >= 0.3 is 0 Å². The van der Waals surface area contributed by atoms with Crippen LogP contribution in [0.2, 0.25) is 0 Å². The summed E-state index contributed by atoms with van der Waals surface area (Å²) in [6, 6.07) is 0. The van der Waals surface area contributed by atoms with E-state index in [4.69, 9.17) is 4.74 Å². The number of carbonyl (C=O) groups excluding carboxylic acids is 1. The second-order valence-corrected chi connectivity index (χ2v) is 5.95. The first-order valence-electron chi connectivity index (χ1n) is 6.19. The molecule has 0 bridgehead atoms. The summed E-state index contributed by atoms with van der Waals surface area (Å²) in [5.74, 6) is 0. The zero-order valence-electron chi connectivity index (χ0n) is 10.8. The smallest absolute Gasteiger partial charge is 0.120 e. The lowest BCUT2D eigenvalue weighted by atomic mass is 9.88. The zero-order chi connectivity index (χ0) is 12.2. The maximum absolute atomic E-state index is 10.3. The molecule has 2 atom stereocenters. The normalized spacial score (nSPS) is 26.1. The largest absolute Gasteiger partial charge is 0.370 e. The summed E-state index contributed by atoms with van der Waals surface area (Å²) >= 11 is 0. The molecule has 1 aliphatic heterocycles. The van der Waals surface area contributed by atoms with Crippen molar-refractivity contribution in [2.45, 2.75) is 65.1 Å². The van der Waals surface area contributed by atoms with Gasteiger partial charge in [0.15, 0.2) is 0 Å². The van der Waals surface area contributed by atoms with Crippen LogP contribution in [0.15, 0.2) is 12.2 Å². The number of rotatable bonds is 5. The number of carbonyl (C=O) groups is 1. The SMILES string of the molecule is C=C1CC(CCC=O)OC1CCC(C)(C)C. The summed E-state index contributed by atoms with van der Waals surface area (Å²) in [5, 5.41) is 0. The molecule has 0 radical (unpaired) electrons. The standard InChI is InChI=1S/C14H24O2/c1-11-10-12(6-5-9-15)16-13(11)7-8-14(2,3)4/h9,12-13H,1,5-8,10H2,2-4H3. The van der Waals surface area contributed by atoms with Gasteiger partial charge in [0, 0.05) is 6.42 Å². The van der Waals surface area contributed by atoms with Crippen LogP contribution in [0.25, 0.3) is 0 Å². The first kappa shape index (κ1) is 13.4. The van der Waals surface area contributed by atoms with Gasteiger partial charge in [-0.25, -0.2) is 0 Å². The molecule has 1 aliphatic rings. The summed E-state index contributed by atoms with van der Waals surface area (Å²) in [4.78, 5) is 10.3. The van der Waals surface area contributed by atoms with Gasteiger partial charge in [-0.2, -0.15) is 0 Å². The van der Waals surface area contributed by atoms with Crippen molar-refractivity contribution in [3.63, 3.8) is 0 Å². The fourth-order valence-corrected chi connectivity index (χ4v) is 2.06. The van der Waals surface area contributed by atoms with Crippen molar-refractivity contribution in [1.82, 2.24) is 0 Å². The molecule has 16 heavy (non-hydrogen) atoms. The van der Waals surface area contributed by atoms with Gasteiger partial charge in [-0.05, 0) is 36.7 Å². The van der Waals surface area contributed by atoms with Crippen LogP contribution in [-0.4, -0.2) is 18.5 Å². The molecule has 0 aliphatic carbocycles. The maximum atomic E-state index is 10.3. The topological polar surface area (TPSA) is 26.3 Å². The Hall–Kier alpha value is -0.630. The van der Waals surface area contributed by atoms with Crippen LogP contribution < -0.4 is 0 Å². The minimum absolute atomic E-state index is 0.218. The molecule has 1 saturated heterocycles. The van der Waals surface area contributed by atoms with Crippen molar-refractivity contribution >= 4 is 6.29 Å². The lowest BCUT2D eigenvalue weighted by Crippen LogP contribution is -2.15. The summed E-state index contributed by atoms with van der Waals surface area (Å²) in [7, 11) is 0. The first-order valence-corrected chi connectivity index (χ1v) is 6.19. The Morgan fingerprint density at radius 3 is 2.69 bits per heavy atom. The predicted molar refractivity (Wildman–Crippen MR) is 66.4 cm³/mol. The van der Waals surface area contributed by atoms with Crippen LogP contribution in [0.5, 0.6) is 0 Å². The second kappa shape index (κ2) is 5.62. The highest BCUT2D eigenvalue weighted by molar-refractivity contribution is 5.49. The highest BCUT2D eigenvalue weighted by atomic mass is 16.5. The molecule has 2 heteroatoms. The molecular formula is C14H24O2. The Morgan fingerprint density at radius 2 is 2.12 bits per heavy atom. The summed E-state index contributed by atoms with van der Waals surface area (Å²) in [6.45, 7) is 10.8. The molecule has 0 saturated carbocycles. The van der Waals surface area contributed by atoms with E-state index in [1.54, 1.807) is 0 Å². The van der Waals surface area contributed by atoms with Crippen LogP contribution in [0.1, 0.15) is 52.9 Å². The number of ether oxygens (including phenoxy) is 1. The van der Waals surface area contributed by atoms with E-state index in [1.165, 1.54) is 5.57 Å². The van der Waals surface area contributed by atoms with E-state index in [1.807, 2.05) is 0 Å². The third-order valence-electron chi connectivity index (χ3n) is 3.06. The van der Waals surface area contributed by atoms with E-state index in [9.17, 15) is 4.79 Å². The van der Waals surface area contributed by atoms with E-state index >= 15 is 0 Å². The van der Waals surface area contributed by atoms with Crippen LogP contribution in [-0.2, 0) is 9.53 Å². The predicted octanol–water partition coefficient (Wildman–Crippen LogP) is 3.51. The Balaban J connectivity index is 2.33. The highest BCUT2D eigenvalue weighted by Gasteiger charge is 2.29. The average Bonchev–Trinajstić information content (AvgIpc) is 2.52. The summed E-state index contributed by atoms with van der Waals surface area (Å²) in [6.07, 6.45) is 5.99. The van der Waals surface area contributed by atoms with Crippen molar-refractivity contribution < 1.29 is 9.53 Å². The van der Waals surface area contributed by atoms with E-state index in [-0.39, 0.29) is 12.2 Å². The molecule has 1 fully saturated rings. The fourth-order valence-electron chi connectivity index (χ4n) is 2.06. The van der Waals surface area contributed by atoms with E-state index in [0.717, 1.165) is 32.0 Å². The summed E-state index contributed by atoms with van der Waals surface area (Å²) < 4.78 is 5.91. The molecule has 0 aromatic heterocycles. The Labute approximate surface area is 99.1 Å². The third-order valence-corrected chi connectivity index (χ3v) is 3.06. The fraction of sp³-hybridized carbons (Fsp3) is 0.786. The van der Waals surface area contributed by atoms with Crippen molar-refractivity contribution in [2.75, 3.05) is 0 Å². The van der Waals surface area contributed by atoms with Crippen LogP contribution in [0.3, 0.4) is 0 Å². The molecule has 1 rings (SSSR count). The molecular weight excluding hydrogens is 200 g/mol. The molecule has 0 aromatic rings. The van der Waals surface area contributed by atoms with Gasteiger partial charge < -0.3 is 9.53 Å². The van der Waals surface area contributed by atoms with Crippen molar-refractivity contribution in [3.05, 3.63) is 12.2 Å². The van der Waals surface area contributed by atoms with Gasteiger partial charge in [-0.15, -0.1) is 0 Å². The molecule has 1 heterocycles. The number of hydrogen-bond acceptors (Lipinski definition) is 2. The van der Waals surface area contributed by atoms with Gasteiger partial charge in [-0.3, -0.25) is 0 Å². The van der Waals surface area contributed by atoms with Gasteiger partial charge in [0.1, 0.15) is 6.29 Å². The first-order chi connectivity index (χ1) is 7.42. The monoisotopic (exact) mass is 224 g/mol. The minimum Gasteiger partial charge on any atom is -0.370 e. The van der Waals surface area contributed by atoms with E-state index in [2.05, 4.69) is 27.4 Å². The highest BCUT2D eigenvalue weighted by Crippen LogP contribution is 2.32. The van der Waals surface area contributed by atoms with Crippen LogP contribution >= 0.6 is 0 Å². The second-order valence-electron chi connectivity index (χ2n) is 5.95. The quantitative estimate of drug-likeness (QED) is 0.527. The average molecular weight is 224 g/mol.